The number of imidazole rings is 2. The van der Waals surface area contributed by atoms with Crippen LogP contribution in [-0.4, -0.2) is 79.5 Å². The number of amides is 2. The standard InChI is InChI=1S/C34H40N8O7.2BrH/c1-34(2,3)49-33(46)40-11-7-9-20(19-40)10-8-14-48-26-17-21(29(35)43)15-23-28(26)42(32(37)38-23)13-6-5-12-41-27-24(39-31(41)36)16-22(30(44)45)18-25(27)47-4;;/h5-6,15-18,20H,7,9,11-14,19H2,1-4H3,(H2,35,43)(H2,36,39)(H2,37,38)(H,44,45);2*1H. The van der Waals surface area contributed by atoms with Gasteiger partial charge in [-0.05, 0) is 57.9 Å². The van der Waals surface area contributed by atoms with Crippen LogP contribution in [0.2, 0.25) is 0 Å². The molecule has 1 saturated heterocycles. The van der Waals surface area contributed by atoms with Crippen LogP contribution in [0.1, 0.15) is 54.3 Å². The number of carbonyl (C=O) groups excluding carboxylic acids is 2. The molecular weight excluding hydrogens is 792 g/mol. The molecule has 1 aliphatic rings. The molecule has 0 spiro atoms. The number of piperidine rings is 1. The van der Waals surface area contributed by atoms with Crippen molar-refractivity contribution in [3.8, 4) is 23.3 Å². The van der Waals surface area contributed by atoms with Gasteiger partial charge in [-0.15, -0.1) is 34.0 Å². The molecule has 15 nitrogen and oxygen atoms in total. The molecule has 5 rings (SSSR count). The van der Waals surface area contributed by atoms with Gasteiger partial charge in [0.1, 0.15) is 34.7 Å². The first kappa shape index (κ1) is 40.5. The molecule has 274 valence electrons. The van der Waals surface area contributed by atoms with Crippen molar-refractivity contribution in [2.75, 3.05) is 38.3 Å². The molecule has 7 N–H and O–H groups in total. The highest BCUT2D eigenvalue weighted by molar-refractivity contribution is 8.93. The van der Waals surface area contributed by atoms with E-state index in [9.17, 15) is 19.5 Å². The Kier molecular flexibility index (Phi) is 13.4. The fourth-order valence-electron chi connectivity index (χ4n) is 5.64. The van der Waals surface area contributed by atoms with Gasteiger partial charge in [-0.2, -0.15) is 0 Å². The minimum Gasteiger partial charge on any atom is -0.494 e. The average Bonchev–Trinajstić information content (AvgIpc) is 3.54. The predicted molar refractivity (Wildman–Crippen MR) is 204 cm³/mol. The van der Waals surface area contributed by atoms with Gasteiger partial charge in [0, 0.05) is 37.7 Å². The molecule has 1 atom stereocenters. The maximum atomic E-state index is 12.5. The normalized spacial score (nSPS) is 14.4. The molecule has 1 unspecified atom stereocenters. The van der Waals surface area contributed by atoms with Crippen molar-refractivity contribution < 1.29 is 33.7 Å². The topological polar surface area (TPSA) is 216 Å². The summed E-state index contributed by atoms with van der Waals surface area (Å²) in [5.41, 5.74) is 19.7. The number of benzene rings is 2. The summed E-state index contributed by atoms with van der Waals surface area (Å²) in [6.45, 7) is 7.19. The highest BCUT2D eigenvalue weighted by Gasteiger charge is 2.27. The molecule has 1 fully saturated rings. The fourth-order valence-corrected chi connectivity index (χ4v) is 5.64. The lowest BCUT2D eigenvalue weighted by atomic mass is 9.99. The van der Waals surface area contributed by atoms with Gasteiger partial charge in [-0.1, -0.05) is 24.0 Å². The third-order valence-electron chi connectivity index (χ3n) is 7.85. The van der Waals surface area contributed by atoms with Gasteiger partial charge in [-0.25, -0.2) is 19.6 Å². The quantitative estimate of drug-likeness (QED) is 0.133. The molecule has 0 aliphatic carbocycles. The second-order valence-corrected chi connectivity index (χ2v) is 12.6. The Bertz CT molecular complexity index is 2020. The van der Waals surface area contributed by atoms with E-state index in [0.717, 1.165) is 12.8 Å². The molecule has 17 heteroatoms. The van der Waals surface area contributed by atoms with Crippen molar-refractivity contribution in [2.45, 2.75) is 52.3 Å². The minimum atomic E-state index is -1.10. The number of nitrogen functional groups attached to an aromatic ring is 2. The second-order valence-electron chi connectivity index (χ2n) is 12.6. The number of aromatic nitrogens is 4. The largest absolute Gasteiger partial charge is 0.494 e. The first-order chi connectivity index (χ1) is 23.3. The van der Waals surface area contributed by atoms with Gasteiger partial charge in [0.15, 0.2) is 0 Å². The second kappa shape index (κ2) is 16.8. The Labute approximate surface area is 315 Å². The van der Waals surface area contributed by atoms with Crippen LogP contribution in [0.25, 0.3) is 22.1 Å². The van der Waals surface area contributed by atoms with Crippen LogP contribution < -0.4 is 26.7 Å². The number of aromatic carboxylic acids is 1. The zero-order valence-electron chi connectivity index (χ0n) is 28.7. The predicted octanol–water partition coefficient (Wildman–Crippen LogP) is 4.80. The van der Waals surface area contributed by atoms with Crippen molar-refractivity contribution in [1.82, 2.24) is 24.0 Å². The third kappa shape index (κ3) is 9.44. The lowest BCUT2D eigenvalue weighted by Gasteiger charge is -2.32. The molecule has 3 heterocycles. The van der Waals surface area contributed by atoms with Crippen LogP contribution >= 0.6 is 34.0 Å². The number of primary amides is 1. The maximum absolute atomic E-state index is 12.5. The summed E-state index contributed by atoms with van der Waals surface area (Å²) in [5.74, 6) is 5.52. The molecular formula is C34H42Br2N8O7. The maximum Gasteiger partial charge on any atom is 0.410 e. The molecule has 2 amide bonds. The molecule has 0 saturated carbocycles. The zero-order chi connectivity index (χ0) is 35.5. The van der Waals surface area contributed by atoms with Gasteiger partial charge in [0.2, 0.25) is 17.8 Å². The van der Waals surface area contributed by atoms with E-state index in [2.05, 4.69) is 21.8 Å². The average molecular weight is 835 g/mol. The molecule has 2 aromatic carbocycles. The lowest BCUT2D eigenvalue weighted by Crippen LogP contribution is -2.42. The van der Waals surface area contributed by atoms with Crippen molar-refractivity contribution in [3.63, 3.8) is 0 Å². The van der Waals surface area contributed by atoms with Crippen molar-refractivity contribution in [1.29, 1.82) is 0 Å². The Balaban J connectivity index is 0.00000351. The van der Waals surface area contributed by atoms with Crippen LogP contribution in [-0.2, 0) is 17.8 Å². The van der Waals surface area contributed by atoms with Crippen LogP contribution in [0.5, 0.6) is 11.5 Å². The summed E-state index contributed by atoms with van der Waals surface area (Å²) >= 11 is 0. The number of likely N-dealkylation sites (tertiary alicyclic amines) is 1. The SMILES string of the molecule is Br.Br.COc1cc(C(=O)O)cc2nc(N)n(CC=CCn3c(N)nc4cc(C(N)=O)cc(OCC#CC5CCCN(C(=O)OC(C)(C)C)C5)c43)c12. The summed E-state index contributed by atoms with van der Waals surface area (Å²) in [7, 11) is 1.45. The number of methoxy groups -OCH3 is 1. The number of nitrogens with two attached hydrogens (primary N) is 3. The van der Waals surface area contributed by atoms with Gasteiger partial charge in [-0.3, -0.25) is 4.79 Å². The lowest BCUT2D eigenvalue weighted by molar-refractivity contribution is 0.0190. The number of carboxylic acids is 1. The number of anilines is 2. The number of carbonyl (C=O) groups is 3. The van der Waals surface area contributed by atoms with Crippen LogP contribution in [0, 0.1) is 17.8 Å². The summed E-state index contributed by atoms with van der Waals surface area (Å²) in [4.78, 5) is 46.6. The summed E-state index contributed by atoms with van der Waals surface area (Å²) < 4.78 is 20.4. The Morgan fingerprint density at radius 1 is 0.961 bits per heavy atom. The smallest absolute Gasteiger partial charge is 0.410 e. The van der Waals surface area contributed by atoms with Gasteiger partial charge >= 0.3 is 12.1 Å². The number of hydrogen-bond acceptors (Lipinski definition) is 10. The number of hydrogen-bond donors (Lipinski definition) is 4. The third-order valence-corrected chi connectivity index (χ3v) is 7.85. The summed E-state index contributed by atoms with van der Waals surface area (Å²) in [6.07, 6.45) is 5.01. The Hall–Kier alpha value is -4.95. The Morgan fingerprint density at radius 3 is 2.08 bits per heavy atom. The van der Waals surface area contributed by atoms with Crippen LogP contribution in [0.4, 0.5) is 16.7 Å². The van der Waals surface area contributed by atoms with Crippen molar-refractivity contribution in [2.24, 2.45) is 11.7 Å². The van der Waals surface area contributed by atoms with Crippen LogP contribution in [0.15, 0.2) is 36.4 Å². The molecule has 2 aromatic heterocycles. The number of fused-ring (bicyclic) bond motifs is 2. The van der Waals surface area contributed by atoms with Gasteiger partial charge in [0.05, 0.1) is 23.7 Å². The number of nitrogens with zero attached hydrogens (tertiary/aromatic N) is 5. The molecule has 0 radical (unpaired) electrons. The summed E-state index contributed by atoms with van der Waals surface area (Å²) in [6, 6.07) is 5.95. The Morgan fingerprint density at radius 2 is 1.53 bits per heavy atom. The number of allylic oxidation sites excluding steroid dienone is 2. The molecule has 4 aromatic rings. The minimum absolute atomic E-state index is 0. The highest BCUT2D eigenvalue weighted by atomic mass is 79.9. The van der Waals surface area contributed by atoms with E-state index in [-0.39, 0.29) is 82.1 Å². The highest BCUT2D eigenvalue weighted by Crippen LogP contribution is 2.31. The number of halogens is 2. The monoisotopic (exact) mass is 832 g/mol. The van der Waals surface area contributed by atoms with E-state index in [0.29, 0.717) is 53.2 Å². The first-order valence-electron chi connectivity index (χ1n) is 15.7. The van der Waals surface area contributed by atoms with E-state index in [1.807, 2.05) is 32.9 Å². The zero-order valence-corrected chi connectivity index (χ0v) is 32.1. The van der Waals surface area contributed by atoms with Crippen molar-refractivity contribution >= 4 is 85.9 Å². The molecule has 1 aliphatic heterocycles. The van der Waals surface area contributed by atoms with Crippen LogP contribution in [0.3, 0.4) is 0 Å². The summed E-state index contributed by atoms with van der Waals surface area (Å²) in [5, 5.41) is 9.43. The number of ether oxygens (including phenoxy) is 3. The molecule has 51 heavy (non-hydrogen) atoms. The fraction of sp³-hybridized carbons (Fsp3) is 0.382. The van der Waals surface area contributed by atoms with Gasteiger partial charge < -0.3 is 50.6 Å². The molecule has 0 bridgehead atoms. The van der Waals surface area contributed by atoms with E-state index < -0.39 is 17.5 Å². The first-order valence-corrected chi connectivity index (χ1v) is 15.7. The van der Waals surface area contributed by atoms with Crippen molar-refractivity contribution in [3.05, 3.63) is 47.5 Å². The van der Waals surface area contributed by atoms with E-state index in [1.54, 1.807) is 20.1 Å². The van der Waals surface area contributed by atoms with E-state index in [4.69, 9.17) is 31.4 Å². The number of carboxylic acid groups (broad SMARTS) is 1. The van der Waals surface area contributed by atoms with E-state index >= 15 is 0 Å². The number of rotatable bonds is 9. The van der Waals surface area contributed by atoms with Gasteiger partial charge in [0.25, 0.3) is 0 Å². The van der Waals surface area contributed by atoms with E-state index in [1.165, 1.54) is 25.3 Å².